The summed E-state index contributed by atoms with van der Waals surface area (Å²) in [6, 6.07) is 0.646. The third-order valence-electron chi connectivity index (χ3n) is 3.43. The molecule has 0 radical (unpaired) electrons. The number of hydrogen-bond acceptors (Lipinski definition) is 2. The molecule has 0 aliphatic heterocycles. The molecule has 0 aromatic carbocycles. The van der Waals surface area contributed by atoms with Gasteiger partial charge in [0.25, 0.3) is 0 Å². The van der Waals surface area contributed by atoms with Crippen LogP contribution in [0.3, 0.4) is 0 Å². The zero-order valence-electron chi connectivity index (χ0n) is 9.79. The van der Waals surface area contributed by atoms with E-state index in [4.69, 9.17) is 0 Å². The highest BCUT2D eigenvalue weighted by molar-refractivity contribution is 4.78. The van der Waals surface area contributed by atoms with Gasteiger partial charge in [-0.25, -0.2) is 0 Å². The molecule has 0 bridgehead atoms. The van der Waals surface area contributed by atoms with Gasteiger partial charge in [0, 0.05) is 6.04 Å². The summed E-state index contributed by atoms with van der Waals surface area (Å²) in [6.07, 6.45) is 4.38. The summed E-state index contributed by atoms with van der Waals surface area (Å²) < 4.78 is 0. The second-order valence-corrected chi connectivity index (χ2v) is 5.00. The molecule has 2 N–H and O–H groups in total. The molecule has 1 aliphatic rings. The Morgan fingerprint density at radius 2 is 2.07 bits per heavy atom. The lowest BCUT2D eigenvalue weighted by Gasteiger charge is -2.22. The van der Waals surface area contributed by atoms with Crippen LogP contribution in [0.5, 0.6) is 0 Å². The van der Waals surface area contributed by atoms with Crippen LogP contribution in [-0.2, 0) is 0 Å². The zero-order chi connectivity index (χ0) is 10.6. The summed E-state index contributed by atoms with van der Waals surface area (Å²) in [5.74, 6) is 1.42. The van der Waals surface area contributed by atoms with Crippen LogP contribution in [0.2, 0.25) is 0 Å². The molecule has 3 atom stereocenters. The maximum absolute atomic E-state index is 9.40. The van der Waals surface area contributed by atoms with Crippen LogP contribution >= 0.6 is 0 Å². The Morgan fingerprint density at radius 3 is 2.50 bits per heavy atom. The van der Waals surface area contributed by atoms with E-state index in [9.17, 15) is 5.11 Å². The molecule has 1 fully saturated rings. The maximum Gasteiger partial charge on any atom is 0.0543 e. The van der Waals surface area contributed by atoms with Crippen molar-refractivity contribution in [1.82, 2.24) is 5.32 Å². The summed E-state index contributed by atoms with van der Waals surface area (Å²) >= 11 is 0. The molecule has 0 spiro atoms. The Hall–Kier alpha value is -0.0800. The second-order valence-electron chi connectivity index (χ2n) is 5.00. The molecule has 1 aliphatic carbocycles. The topological polar surface area (TPSA) is 32.3 Å². The van der Waals surface area contributed by atoms with Gasteiger partial charge in [-0.05, 0) is 44.1 Å². The van der Waals surface area contributed by atoms with Gasteiger partial charge < -0.3 is 10.4 Å². The number of aliphatic hydroxyl groups excluding tert-OH is 1. The van der Waals surface area contributed by atoms with Crippen LogP contribution in [0.15, 0.2) is 0 Å². The van der Waals surface area contributed by atoms with Crippen LogP contribution in [0.25, 0.3) is 0 Å². The molecule has 2 nitrogen and oxygen atoms in total. The number of aliphatic hydroxyl groups is 1. The molecule has 1 rings (SSSR count). The monoisotopic (exact) mass is 199 g/mol. The summed E-state index contributed by atoms with van der Waals surface area (Å²) in [4.78, 5) is 0. The van der Waals surface area contributed by atoms with E-state index in [2.05, 4.69) is 26.1 Å². The number of rotatable bonds is 5. The van der Waals surface area contributed by atoms with Crippen molar-refractivity contribution in [3.63, 3.8) is 0 Å². The predicted octanol–water partition coefficient (Wildman–Crippen LogP) is 2.17. The van der Waals surface area contributed by atoms with Crippen molar-refractivity contribution in [2.45, 2.75) is 58.6 Å². The zero-order valence-corrected chi connectivity index (χ0v) is 9.79. The van der Waals surface area contributed by atoms with E-state index in [0.29, 0.717) is 17.9 Å². The molecule has 84 valence electrons. The van der Waals surface area contributed by atoms with Crippen molar-refractivity contribution in [3.05, 3.63) is 0 Å². The number of hydrogen-bond donors (Lipinski definition) is 2. The van der Waals surface area contributed by atoms with E-state index in [1.54, 1.807) is 0 Å². The minimum Gasteiger partial charge on any atom is -0.393 e. The highest BCUT2D eigenvalue weighted by Crippen LogP contribution is 2.24. The predicted molar refractivity (Wildman–Crippen MR) is 60.3 cm³/mol. The first-order valence-electron chi connectivity index (χ1n) is 6.05. The van der Waals surface area contributed by atoms with Crippen molar-refractivity contribution >= 4 is 0 Å². The van der Waals surface area contributed by atoms with Crippen molar-refractivity contribution in [2.24, 2.45) is 11.8 Å². The van der Waals surface area contributed by atoms with Gasteiger partial charge in [-0.1, -0.05) is 20.8 Å². The molecule has 14 heavy (non-hydrogen) atoms. The normalized spacial score (nSPS) is 29.8. The van der Waals surface area contributed by atoms with E-state index in [1.807, 2.05) is 0 Å². The fourth-order valence-corrected chi connectivity index (χ4v) is 2.40. The SMILES string of the molecule is CCC(NCC1CCC(O)C1)C(C)C. The average Bonchev–Trinajstić information content (AvgIpc) is 2.52. The molecular weight excluding hydrogens is 174 g/mol. The van der Waals surface area contributed by atoms with Crippen LogP contribution in [0.1, 0.15) is 46.5 Å². The second kappa shape index (κ2) is 5.72. The third kappa shape index (κ3) is 3.58. The van der Waals surface area contributed by atoms with Crippen molar-refractivity contribution in [3.8, 4) is 0 Å². The Labute approximate surface area is 88.1 Å². The minimum absolute atomic E-state index is 0.0269. The number of nitrogens with one attached hydrogen (secondary N) is 1. The molecule has 0 heterocycles. The van der Waals surface area contributed by atoms with E-state index >= 15 is 0 Å². The molecule has 3 unspecified atom stereocenters. The van der Waals surface area contributed by atoms with Crippen LogP contribution in [-0.4, -0.2) is 23.8 Å². The van der Waals surface area contributed by atoms with Gasteiger partial charge in [0.2, 0.25) is 0 Å². The van der Waals surface area contributed by atoms with Gasteiger partial charge in [0.15, 0.2) is 0 Å². The molecule has 2 heteroatoms. The average molecular weight is 199 g/mol. The molecule has 0 saturated heterocycles. The first kappa shape index (κ1) is 12.0. The van der Waals surface area contributed by atoms with Crippen LogP contribution < -0.4 is 5.32 Å². The van der Waals surface area contributed by atoms with Crippen molar-refractivity contribution < 1.29 is 5.11 Å². The van der Waals surface area contributed by atoms with Crippen LogP contribution in [0.4, 0.5) is 0 Å². The van der Waals surface area contributed by atoms with E-state index < -0.39 is 0 Å². The van der Waals surface area contributed by atoms with Gasteiger partial charge in [-0.3, -0.25) is 0 Å². The maximum atomic E-state index is 9.40. The highest BCUT2D eigenvalue weighted by Gasteiger charge is 2.23. The lowest BCUT2D eigenvalue weighted by molar-refractivity contribution is 0.176. The van der Waals surface area contributed by atoms with E-state index in [1.165, 1.54) is 12.8 Å². The summed E-state index contributed by atoms with van der Waals surface area (Å²) in [7, 11) is 0. The van der Waals surface area contributed by atoms with Gasteiger partial charge in [0.1, 0.15) is 0 Å². The fourth-order valence-electron chi connectivity index (χ4n) is 2.40. The van der Waals surface area contributed by atoms with Crippen molar-refractivity contribution in [1.29, 1.82) is 0 Å². The summed E-state index contributed by atoms with van der Waals surface area (Å²) in [5, 5.41) is 13.0. The third-order valence-corrected chi connectivity index (χ3v) is 3.43. The molecular formula is C12H25NO. The summed E-state index contributed by atoms with van der Waals surface area (Å²) in [5.41, 5.74) is 0. The van der Waals surface area contributed by atoms with Gasteiger partial charge in [-0.15, -0.1) is 0 Å². The quantitative estimate of drug-likeness (QED) is 0.711. The van der Waals surface area contributed by atoms with Crippen molar-refractivity contribution in [2.75, 3.05) is 6.54 Å². The minimum atomic E-state index is -0.0269. The lowest BCUT2D eigenvalue weighted by atomic mass is 10.0. The Balaban J connectivity index is 2.18. The van der Waals surface area contributed by atoms with E-state index in [-0.39, 0.29) is 6.10 Å². The molecule has 0 aromatic rings. The lowest BCUT2D eigenvalue weighted by Crippen LogP contribution is -2.36. The fraction of sp³-hybridized carbons (Fsp3) is 1.00. The van der Waals surface area contributed by atoms with Gasteiger partial charge in [0.05, 0.1) is 6.10 Å². The van der Waals surface area contributed by atoms with Gasteiger partial charge in [-0.2, -0.15) is 0 Å². The van der Waals surface area contributed by atoms with Gasteiger partial charge >= 0.3 is 0 Å². The molecule has 0 aromatic heterocycles. The Kier molecular flexibility index (Phi) is 4.90. The first-order valence-corrected chi connectivity index (χ1v) is 6.05. The smallest absolute Gasteiger partial charge is 0.0543 e. The van der Waals surface area contributed by atoms with E-state index in [0.717, 1.165) is 19.4 Å². The summed E-state index contributed by atoms with van der Waals surface area (Å²) in [6.45, 7) is 7.87. The van der Waals surface area contributed by atoms with Crippen LogP contribution in [0, 0.1) is 11.8 Å². The largest absolute Gasteiger partial charge is 0.393 e. The Morgan fingerprint density at radius 1 is 1.36 bits per heavy atom. The molecule has 1 saturated carbocycles. The first-order chi connectivity index (χ1) is 6.63. The Bertz CT molecular complexity index is 158. The standard InChI is InChI=1S/C12H25NO/c1-4-12(9(2)3)13-8-10-5-6-11(14)7-10/h9-14H,4-8H2,1-3H3. The molecule has 0 amide bonds. The highest BCUT2D eigenvalue weighted by atomic mass is 16.3.